The lowest BCUT2D eigenvalue weighted by Gasteiger charge is -2.26. The SMILES string of the molecule is CC1CCN(C(=O)CC2(CS)CC2)C1CO. The number of hydrogen-bond donors (Lipinski definition) is 2. The van der Waals surface area contributed by atoms with E-state index in [0.717, 1.165) is 31.6 Å². The quantitative estimate of drug-likeness (QED) is 0.731. The number of carbonyl (C=O) groups is 1. The number of likely N-dealkylation sites (tertiary alicyclic amines) is 1. The molecule has 16 heavy (non-hydrogen) atoms. The number of aliphatic hydroxyl groups excluding tert-OH is 1. The summed E-state index contributed by atoms with van der Waals surface area (Å²) in [6.07, 6.45) is 3.91. The summed E-state index contributed by atoms with van der Waals surface area (Å²) in [5.74, 6) is 1.46. The maximum absolute atomic E-state index is 12.2. The number of amides is 1. The van der Waals surface area contributed by atoms with Gasteiger partial charge in [0, 0.05) is 13.0 Å². The smallest absolute Gasteiger partial charge is 0.223 e. The summed E-state index contributed by atoms with van der Waals surface area (Å²) in [6.45, 7) is 3.02. The highest BCUT2D eigenvalue weighted by Crippen LogP contribution is 2.50. The Balaban J connectivity index is 1.94. The van der Waals surface area contributed by atoms with Crippen LogP contribution in [0.25, 0.3) is 0 Å². The Morgan fingerprint density at radius 1 is 1.56 bits per heavy atom. The molecule has 1 aliphatic carbocycles. The van der Waals surface area contributed by atoms with Crippen LogP contribution < -0.4 is 0 Å². The van der Waals surface area contributed by atoms with Gasteiger partial charge in [-0.2, -0.15) is 12.6 Å². The highest BCUT2D eigenvalue weighted by molar-refractivity contribution is 7.80. The van der Waals surface area contributed by atoms with Crippen molar-refractivity contribution in [3.8, 4) is 0 Å². The lowest BCUT2D eigenvalue weighted by atomic mass is 10.0. The van der Waals surface area contributed by atoms with Gasteiger partial charge < -0.3 is 10.0 Å². The summed E-state index contributed by atoms with van der Waals surface area (Å²) < 4.78 is 0. The molecular weight excluding hydrogens is 222 g/mol. The molecular formula is C12H21NO2S. The average Bonchev–Trinajstić information content (AvgIpc) is 2.94. The van der Waals surface area contributed by atoms with Crippen molar-refractivity contribution in [2.75, 3.05) is 18.9 Å². The zero-order chi connectivity index (χ0) is 11.8. The van der Waals surface area contributed by atoms with E-state index in [2.05, 4.69) is 19.6 Å². The third-order valence-electron chi connectivity index (χ3n) is 4.21. The van der Waals surface area contributed by atoms with Crippen LogP contribution in [0.5, 0.6) is 0 Å². The Hall–Kier alpha value is -0.220. The fourth-order valence-electron chi connectivity index (χ4n) is 2.59. The summed E-state index contributed by atoms with van der Waals surface area (Å²) >= 11 is 4.32. The molecule has 0 aromatic carbocycles. The summed E-state index contributed by atoms with van der Waals surface area (Å²) in [5, 5.41) is 9.32. The molecule has 2 rings (SSSR count). The molecule has 1 amide bonds. The summed E-state index contributed by atoms with van der Waals surface area (Å²) in [5.41, 5.74) is 0.187. The molecule has 1 N–H and O–H groups in total. The van der Waals surface area contributed by atoms with Crippen molar-refractivity contribution in [3.63, 3.8) is 0 Å². The minimum atomic E-state index is 0.0446. The van der Waals surface area contributed by atoms with Crippen molar-refractivity contribution in [1.29, 1.82) is 0 Å². The van der Waals surface area contributed by atoms with Crippen LogP contribution in [0.1, 0.15) is 32.6 Å². The Morgan fingerprint density at radius 3 is 2.75 bits per heavy atom. The number of carbonyl (C=O) groups excluding carboxylic acids is 1. The van der Waals surface area contributed by atoms with Crippen LogP contribution in [0.2, 0.25) is 0 Å². The Kier molecular flexibility index (Phi) is 3.50. The molecule has 1 heterocycles. The average molecular weight is 243 g/mol. The normalized spacial score (nSPS) is 31.8. The molecule has 3 nitrogen and oxygen atoms in total. The van der Waals surface area contributed by atoms with Crippen molar-refractivity contribution in [3.05, 3.63) is 0 Å². The number of aliphatic hydroxyl groups is 1. The predicted molar refractivity (Wildman–Crippen MR) is 66.5 cm³/mol. The van der Waals surface area contributed by atoms with Gasteiger partial charge in [0.2, 0.25) is 5.91 Å². The van der Waals surface area contributed by atoms with Gasteiger partial charge in [-0.1, -0.05) is 6.92 Å². The molecule has 0 bridgehead atoms. The number of rotatable bonds is 4. The van der Waals surface area contributed by atoms with Gasteiger partial charge in [0.05, 0.1) is 12.6 Å². The van der Waals surface area contributed by atoms with Gasteiger partial charge >= 0.3 is 0 Å². The first kappa shape index (κ1) is 12.2. The molecule has 2 unspecified atom stereocenters. The molecule has 1 aliphatic heterocycles. The van der Waals surface area contributed by atoms with E-state index in [1.165, 1.54) is 0 Å². The van der Waals surface area contributed by atoms with Crippen LogP contribution in [0.4, 0.5) is 0 Å². The second kappa shape index (κ2) is 4.57. The van der Waals surface area contributed by atoms with E-state index < -0.39 is 0 Å². The highest BCUT2D eigenvalue weighted by atomic mass is 32.1. The molecule has 1 saturated heterocycles. The third kappa shape index (κ3) is 2.23. The fourth-order valence-corrected chi connectivity index (χ4v) is 3.01. The zero-order valence-corrected chi connectivity index (χ0v) is 10.7. The van der Waals surface area contributed by atoms with Gasteiger partial charge in [-0.05, 0) is 36.3 Å². The van der Waals surface area contributed by atoms with E-state index in [9.17, 15) is 9.90 Å². The van der Waals surface area contributed by atoms with Crippen LogP contribution in [0.3, 0.4) is 0 Å². The summed E-state index contributed by atoms with van der Waals surface area (Å²) in [6, 6.07) is 0.0446. The number of thiol groups is 1. The molecule has 0 spiro atoms. The summed E-state index contributed by atoms with van der Waals surface area (Å²) in [4.78, 5) is 14.0. The first-order chi connectivity index (χ1) is 7.62. The van der Waals surface area contributed by atoms with Crippen molar-refractivity contribution in [2.45, 2.75) is 38.6 Å². The molecule has 4 heteroatoms. The minimum Gasteiger partial charge on any atom is -0.394 e. The molecule has 1 saturated carbocycles. The predicted octanol–water partition coefficient (Wildman–Crippen LogP) is 1.32. The van der Waals surface area contributed by atoms with E-state index >= 15 is 0 Å². The maximum Gasteiger partial charge on any atom is 0.223 e. The van der Waals surface area contributed by atoms with E-state index in [4.69, 9.17) is 0 Å². The second-order valence-corrected chi connectivity index (χ2v) is 5.75. The summed E-state index contributed by atoms with van der Waals surface area (Å²) in [7, 11) is 0. The Labute approximate surface area is 103 Å². The van der Waals surface area contributed by atoms with Crippen molar-refractivity contribution >= 4 is 18.5 Å². The van der Waals surface area contributed by atoms with Crippen LogP contribution >= 0.6 is 12.6 Å². The first-order valence-electron chi connectivity index (χ1n) is 6.13. The van der Waals surface area contributed by atoms with Gasteiger partial charge in [0.1, 0.15) is 0 Å². The topological polar surface area (TPSA) is 40.5 Å². The van der Waals surface area contributed by atoms with Crippen molar-refractivity contribution < 1.29 is 9.90 Å². The van der Waals surface area contributed by atoms with Crippen LogP contribution in [-0.2, 0) is 4.79 Å². The van der Waals surface area contributed by atoms with Crippen molar-refractivity contribution in [1.82, 2.24) is 4.90 Å². The van der Waals surface area contributed by atoms with E-state index in [1.807, 2.05) is 4.90 Å². The zero-order valence-electron chi connectivity index (χ0n) is 9.85. The van der Waals surface area contributed by atoms with Gasteiger partial charge in [-0.25, -0.2) is 0 Å². The van der Waals surface area contributed by atoms with Crippen LogP contribution in [0.15, 0.2) is 0 Å². The molecule has 0 aromatic rings. The molecule has 2 atom stereocenters. The molecule has 2 fully saturated rings. The highest BCUT2D eigenvalue weighted by Gasteiger charge is 2.45. The number of hydrogen-bond acceptors (Lipinski definition) is 3. The fraction of sp³-hybridized carbons (Fsp3) is 0.917. The lowest BCUT2D eigenvalue weighted by Crippen LogP contribution is -2.40. The van der Waals surface area contributed by atoms with Gasteiger partial charge in [-0.3, -0.25) is 4.79 Å². The third-order valence-corrected chi connectivity index (χ3v) is 4.88. The van der Waals surface area contributed by atoms with Gasteiger partial charge in [0.25, 0.3) is 0 Å². The Morgan fingerprint density at radius 2 is 2.25 bits per heavy atom. The van der Waals surface area contributed by atoms with Gasteiger partial charge in [0.15, 0.2) is 0 Å². The first-order valence-corrected chi connectivity index (χ1v) is 6.76. The molecule has 0 radical (unpaired) electrons. The maximum atomic E-state index is 12.2. The van der Waals surface area contributed by atoms with E-state index in [0.29, 0.717) is 12.3 Å². The standard InChI is InChI=1S/C12H21NO2S/c1-9-2-5-13(10(9)7-14)11(15)6-12(8-16)3-4-12/h9-10,14,16H,2-8H2,1H3. The Bertz CT molecular complexity index is 278. The molecule has 0 aromatic heterocycles. The van der Waals surface area contributed by atoms with Crippen LogP contribution in [0, 0.1) is 11.3 Å². The monoisotopic (exact) mass is 243 g/mol. The van der Waals surface area contributed by atoms with Crippen LogP contribution in [-0.4, -0.2) is 40.9 Å². The minimum absolute atomic E-state index is 0.0446. The molecule has 2 aliphatic rings. The lowest BCUT2D eigenvalue weighted by molar-refractivity contribution is -0.134. The largest absolute Gasteiger partial charge is 0.394 e. The molecule has 92 valence electrons. The number of nitrogens with zero attached hydrogens (tertiary/aromatic N) is 1. The second-order valence-electron chi connectivity index (χ2n) is 5.44. The van der Waals surface area contributed by atoms with E-state index in [-0.39, 0.29) is 24.0 Å². The van der Waals surface area contributed by atoms with Gasteiger partial charge in [-0.15, -0.1) is 0 Å². The van der Waals surface area contributed by atoms with Crippen molar-refractivity contribution in [2.24, 2.45) is 11.3 Å². The van der Waals surface area contributed by atoms with E-state index in [1.54, 1.807) is 0 Å².